The van der Waals surface area contributed by atoms with Gasteiger partial charge in [0.05, 0.1) is 11.8 Å². The minimum atomic E-state index is -0.696. The Morgan fingerprint density at radius 2 is 1.68 bits per heavy atom. The van der Waals surface area contributed by atoms with Crippen LogP contribution in [0.4, 0.5) is 8.78 Å². The zero-order valence-electron chi connectivity index (χ0n) is 17.4. The Balaban J connectivity index is 1.60. The van der Waals surface area contributed by atoms with Gasteiger partial charge in [-0.1, -0.05) is 49.2 Å². The summed E-state index contributed by atoms with van der Waals surface area (Å²) in [6, 6.07) is 11.7. The summed E-state index contributed by atoms with van der Waals surface area (Å²) in [5.74, 6) is -1.42. The molecule has 5 nitrogen and oxygen atoms in total. The molecule has 1 saturated carbocycles. The monoisotopic (exact) mass is 425 g/mol. The molecule has 0 unspecified atom stereocenters. The van der Waals surface area contributed by atoms with Gasteiger partial charge in [0.15, 0.2) is 0 Å². The summed E-state index contributed by atoms with van der Waals surface area (Å²) < 4.78 is 28.9. The van der Waals surface area contributed by atoms with E-state index >= 15 is 0 Å². The Morgan fingerprint density at radius 1 is 1.03 bits per heavy atom. The number of likely N-dealkylation sites (N-methyl/N-ethyl adjacent to an activating group) is 1. The van der Waals surface area contributed by atoms with Gasteiger partial charge in [0.1, 0.15) is 18.2 Å². The van der Waals surface area contributed by atoms with Gasteiger partial charge in [0, 0.05) is 30.5 Å². The summed E-state index contributed by atoms with van der Waals surface area (Å²) in [5, 5.41) is 5.59. The summed E-state index contributed by atoms with van der Waals surface area (Å²) in [6.07, 6.45) is 3.92. The average molecular weight is 425 g/mol. The van der Waals surface area contributed by atoms with Gasteiger partial charge < -0.3 is 4.90 Å². The van der Waals surface area contributed by atoms with E-state index in [-0.39, 0.29) is 30.4 Å². The SMILES string of the molecule is CN(CC(=O)N1N=C(c2ccccc2F)C[C@H]1c1ccccc1F)C(=O)C1CCCC1. The zero-order chi connectivity index (χ0) is 22.0. The highest BCUT2D eigenvalue weighted by Crippen LogP contribution is 2.35. The Kier molecular flexibility index (Phi) is 6.11. The Labute approximate surface area is 180 Å². The Bertz CT molecular complexity index is 1020. The molecule has 1 aliphatic heterocycles. The molecule has 0 bridgehead atoms. The standard InChI is InChI=1S/C24H25F2N3O2/c1-28(24(31)16-8-2-3-9-16)15-23(30)29-22(18-11-5-7-13-20(18)26)14-21(27-29)17-10-4-6-12-19(17)25/h4-7,10-13,16,22H,2-3,8-9,14-15H2,1H3/t22-/m0/s1. The maximum Gasteiger partial charge on any atom is 0.262 e. The van der Waals surface area contributed by atoms with Crippen LogP contribution in [0.3, 0.4) is 0 Å². The van der Waals surface area contributed by atoms with Gasteiger partial charge in [-0.2, -0.15) is 5.10 Å². The fraction of sp³-hybridized carbons (Fsp3) is 0.375. The van der Waals surface area contributed by atoms with E-state index in [1.54, 1.807) is 43.4 Å². The van der Waals surface area contributed by atoms with Crippen molar-refractivity contribution in [3.63, 3.8) is 0 Å². The van der Waals surface area contributed by atoms with E-state index in [1.165, 1.54) is 22.0 Å². The van der Waals surface area contributed by atoms with E-state index in [4.69, 9.17) is 0 Å². The topological polar surface area (TPSA) is 53.0 Å². The van der Waals surface area contributed by atoms with E-state index in [0.29, 0.717) is 11.3 Å². The average Bonchev–Trinajstić information content (AvgIpc) is 3.44. The second-order valence-corrected chi connectivity index (χ2v) is 8.18. The third-order valence-corrected chi connectivity index (χ3v) is 6.07. The number of hydrogen-bond donors (Lipinski definition) is 0. The van der Waals surface area contributed by atoms with E-state index in [9.17, 15) is 18.4 Å². The smallest absolute Gasteiger partial charge is 0.262 e. The van der Waals surface area contributed by atoms with Crippen LogP contribution < -0.4 is 0 Å². The van der Waals surface area contributed by atoms with Crippen LogP contribution in [0.2, 0.25) is 0 Å². The fourth-order valence-corrected chi connectivity index (χ4v) is 4.42. The number of carbonyl (C=O) groups is 2. The lowest BCUT2D eigenvalue weighted by molar-refractivity contribution is -0.142. The second kappa shape index (κ2) is 8.96. The number of rotatable bonds is 5. The van der Waals surface area contributed by atoms with Gasteiger partial charge >= 0.3 is 0 Å². The minimum Gasteiger partial charge on any atom is -0.336 e. The molecule has 4 rings (SSSR count). The third kappa shape index (κ3) is 4.36. The van der Waals surface area contributed by atoms with Crippen molar-refractivity contribution < 1.29 is 18.4 Å². The van der Waals surface area contributed by atoms with Crippen molar-refractivity contribution >= 4 is 17.5 Å². The first kappa shape index (κ1) is 21.2. The van der Waals surface area contributed by atoms with Crippen molar-refractivity contribution in [1.82, 2.24) is 9.91 Å². The summed E-state index contributed by atoms with van der Waals surface area (Å²) >= 11 is 0. The van der Waals surface area contributed by atoms with Gasteiger partial charge in [-0.05, 0) is 25.0 Å². The fourth-order valence-electron chi connectivity index (χ4n) is 4.42. The van der Waals surface area contributed by atoms with Crippen LogP contribution in [0.15, 0.2) is 53.6 Å². The van der Waals surface area contributed by atoms with Gasteiger partial charge in [-0.15, -0.1) is 0 Å². The molecule has 0 aromatic heterocycles. The summed E-state index contributed by atoms with van der Waals surface area (Å²) in [7, 11) is 1.61. The van der Waals surface area contributed by atoms with Gasteiger partial charge in [-0.25, -0.2) is 13.8 Å². The summed E-state index contributed by atoms with van der Waals surface area (Å²) in [5.41, 5.74) is 0.981. The highest BCUT2D eigenvalue weighted by Gasteiger charge is 2.36. The van der Waals surface area contributed by atoms with Crippen LogP contribution in [0.1, 0.15) is 49.3 Å². The first-order valence-electron chi connectivity index (χ1n) is 10.6. The molecule has 31 heavy (non-hydrogen) atoms. The number of benzene rings is 2. The zero-order valence-corrected chi connectivity index (χ0v) is 17.4. The summed E-state index contributed by atoms with van der Waals surface area (Å²) in [4.78, 5) is 27.2. The number of halogens is 2. The highest BCUT2D eigenvalue weighted by atomic mass is 19.1. The number of hydrogen-bond acceptors (Lipinski definition) is 3. The molecule has 1 heterocycles. The van der Waals surface area contributed by atoms with Gasteiger partial charge in [-0.3, -0.25) is 9.59 Å². The van der Waals surface area contributed by atoms with E-state index < -0.39 is 23.6 Å². The normalized spacial score (nSPS) is 18.9. The van der Waals surface area contributed by atoms with Crippen molar-refractivity contribution in [1.29, 1.82) is 0 Å². The Hall–Kier alpha value is -3.09. The molecule has 7 heteroatoms. The third-order valence-electron chi connectivity index (χ3n) is 6.07. The first-order chi connectivity index (χ1) is 15.0. The van der Waals surface area contributed by atoms with E-state index in [2.05, 4.69) is 5.10 Å². The molecule has 0 saturated heterocycles. The van der Waals surface area contributed by atoms with Crippen LogP contribution in [-0.4, -0.2) is 41.0 Å². The molecule has 1 atom stereocenters. The molecular weight excluding hydrogens is 400 g/mol. The van der Waals surface area contributed by atoms with Crippen LogP contribution in [0, 0.1) is 17.6 Å². The van der Waals surface area contributed by atoms with Crippen LogP contribution in [-0.2, 0) is 9.59 Å². The van der Waals surface area contributed by atoms with Crippen molar-refractivity contribution in [3.8, 4) is 0 Å². The number of hydrazone groups is 1. The molecule has 2 aromatic carbocycles. The lowest BCUT2D eigenvalue weighted by atomic mass is 9.97. The Morgan fingerprint density at radius 3 is 2.35 bits per heavy atom. The van der Waals surface area contributed by atoms with Crippen molar-refractivity contribution in [2.75, 3.05) is 13.6 Å². The lowest BCUT2D eigenvalue weighted by Crippen LogP contribution is -2.41. The van der Waals surface area contributed by atoms with E-state index in [1.807, 2.05) is 0 Å². The molecule has 2 aliphatic rings. The van der Waals surface area contributed by atoms with Crippen molar-refractivity contribution in [3.05, 3.63) is 71.3 Å². The van der Waals surface area contributed by atoms with Gasteiger partial charge in [0.25, 0.3) is 5.91 Å². The van der Waals surface area contributed by atoms with Gasteiger partial charge in [0.2, 0.25) is 5.91 Å². The minimum absolute atomic E-state index is 0.0452. The molecule has 2 aromatic rings. The van der Waals surface area contributed by atoms with Crippen molar-refractivity contribution in [2.24, 2.45) is 11.0 Å². The lowest BCUT2D eigenvalue weighted by Gasteiger charge is -2.26. The molecule has 0 N–H and O–H groups in total. The molecule has 2 amide bonds. The quantitative estimate of drug-likeness (QED) is 0.718. The second-order valence-electron chi connectivity index (χ2n) is 8.18. The first-order valence-corrected chi connectivity index (χ1v) is 10.6. The van der Waals surface area contributed by atoms with E-state index in [0.717, 1.165) is 25.7 Å². The predicted octanol–water partition coefficient (Wildman–Crippen LogP) is 4.29. The maximum atomic E-state index is 14.6. The summed E-state index contributed by atoms with van der Waals surface area (Å²) in [6.45, 7) is -0.158. The van der Waals surface area contributed by atoms with Crippen LogP contribution in [0.25, 0.3) is 0 Å². The molecule has 0 spiro atoms. The largest absolute Gasteiger partial charge is 0.336 e. The number of amides is 2. The predicted molar refractivity (Wildman–Crippen MR) is 113 cm³/mol. The van der Waals surface area contributed by atoms with Crippen LogP contribution in [0.5, 0.6) is 0 Å². The number of nitrogens with zero attached hydrogens (tertiary/aromatic N) is 3. The molecule has 162 valence electrons. The molecule has 0 radical (unpaired) electrons. The highest BCUT2D eigenvalue weighted by molar-refractivity contribution is 6.03. The molecule has 1 fully saturated rings. The molecule has 1 aliphatic carbocycles. The number of carbonyl (C=O) groups excluding carboxylic acids is 2. The molecular formula is C24H25F2N3O2. The van der Waals surface area contributed by atoms with Crippen LogP contribution >= 0.6 is 0 Å². The maximum absolute atomic E-state index is 14.6. The van der Waals surface area contributed by atoms with Crippen molar-refractivity contribution in [2.45, 2.75) is 38.1 Å².